The normalized spacial score (nSPS) is 13.7. The van der Waals surface area contributed by atoms with Crippen molar-refractivity contribution in [1.29, 1.82) is 0 Å². The van der Waals surface area contributed by atoms with Gasteiger partial charge in [0.25, 0.3) is 5.91 Å². The van der Waals surface area contributed by atoms with Crippen molar-refractivity contribution in [1.82, 2.24) is 10.2 Å². The molecule has 2 heterocycles. The summed E-state index contributed by atoms with van der Waals surface area (Å²) < 4.78 is 5.40. The molecule has 1 aromatic heterocycles. The van der Waals surface area contributed by atoms with E-state index in [9.17, 15) is 4.79 Å². The second-order valence-electron chi connectivity index (χ2n) is 4.91. The molecule has 2 aromatic rings. The fourth-order valence-corrected chi connectivity index (χ4v) is 2.59. The lowest BCUT2D eigenvalue weighted by molar-refractivity contribution is 0.0994. The lowest BCUT2D eigenvalue weighted by Crippen LogP contribution is -2.31. The van der Waals surface area contributed by atoms with E-state index >= 15 is 0 Å². The molecule has 0 saturated carbocycles. The summed E-state index contributed by atoms with van der Waals surface area (Å²) in [6.07, 6.45) is 0.887. The van der Waals surface area contributed by atoms with Crippen LogP contribution in [0.2, 0.25) is 0 Å². The Kier molecular flexibility index (Phi) is 3.43. The van der Waals surface area contributed by atoms with Crippen molar-refractivity contribution < 1.29 is 9.53 Å². The Hall–Kier alpha value is -2.63. The molecule has 0 saturated heterocycles. The number of hydrogen-bond acceptors (Lipinski definition) is 5. The zero-order valence-corrected chi connectivity index (χ0v) is 11.7. The van der Waals surface area contributed by atoms with Crippen LogP contribution in [0.3, 0.4) is 0 Å². The summed E-state index contributed by atoms with van der Waals surface area (Å²) in [6, 6.07) is 9.44. The molecular formula is C15H16N4O2. The Balaban J connectivity index is 1.84. The van der Waals surface area contributed by atoms with Crippen LogP contribution in [0, 0.1) is 0 Å². The average molecular weight is 284 g/mol. The average Bonchev–Trinajstić information content (AvgIpc) is 2.53. The quantitative estimate of drug-likeness (QED) is 0.914. The van der Waals surface area contributed by atoms with Crippen molar-refractivity contribution in [3.05, 3.63) is 47.2 Å². The van der Waals surface area contributed by atoms with Crippen molar-refractivity contribution in [3.63, 3.8) is 0 Å². The van der Waals surface area contributed by atoms with Gasteiger partial charge in [0, 0.05) is 18.7 Å². The molecule has 0 spiro atoms. The van der Waals surface area contributed by atoms with Gasteiger partial charge in [0.05, 0.1) is 7.11 Å². The zero-order valence-electron chi connectivity index (χ0n) is 11.7. The second kappa shape index (κ2) is 5.40. The molecule has 2 N–H and O–H groups in total. The van der Waals surface area contributed by atoms with E-state index in [-0.39, 0.29) is 5.69 Å². The fourth-order valence-electron chi connectivity index (χ4n) is 2.59. The van der Waals surface area contributed by atoms with Crippen LogP contribution in [-0.4, -0.2) is 29.8 Å². The number of nitrogens with two attached hydrogens (primary N) is 1. The van der Waals surface area contributed by atoms with Crippen LogP contribution in [0.25, 0.3) is 0 Å². The SMILES string of the molecule is COc1cccc2c1CCN(c1ccc(C(N)=O)nn1)C2. The maximum Gasteiger partial charge on any atom is 0.269 e. The third kappa shape index (κ3) is 2.52. The maximum absolute atomic E-state index is 11.0. The number of rotatable bonds is 3. The number of methoxy groups -OCH3 is 1. The van der Waals surface area contributed by atoms with E-state index in [1.54, 1.807) is 19.2 Å². The lowest BCUT2D eigenvalue weighted by Gasteiger charge is -2.30. The summed E-state index contributed by atoms with van der Waals surface area (Å²) in [7, 11) is 1.69. The molecule has 1 aromatic carbocycles. The summed E-state index contributed by atoms with van der Waals surface area (Å²) in [4.78, 5) is 13.1. The van der Waals surface area contributed by atoms with E-state index in [0.717, 1.165) is 31.1 Å². The number of nitrogens with zero attached hydrogens (tertiary/aromatic N) is 3. The van der Waals surface area contributed by atoms with Crippen LogP contribution in [0.1, 0.15) is 21.6 Å². The predicted octanol–water partition coefficient (Wildman–Crippen LogP) is 1.15. The molecule has 108 valence electrons. The van der Waals surface area contributed by atoms with Crippen molar-refractivity contribution in [2.75, 3.05) is 18.6 Å². The van der Waals surface area contributed by atoms with Gasteiger partial charge in [-0.25, -0.2) is 0 Å². The molecule has 0 radical (unpaired) electrons. The minimum Gasteiger partial charge on any atom is -0.496 e. The highest BCUT2D eigenvalue weighted by atomic mass is 16.5. The van der Waals surface area contributed by atoms with Gasteiger partial charge in [-0.3, -0.25) is 4.79 Å². The molecule has 3 rings (SSSR count). The molecule has 0 unspecified atom stereocenters. The second-order valence-corrected chi connectivity index (χ2v) is 4.91. The molecule has 1 aliphatic heterocycles. The Morgan fingerprint density at radius 2 is 2.14 bits per heavy atom. The largest absolute Gasteiger partial charge is 0.496 e. The molecule has 0 atom stereocenters. The van der Waals surface area contributed by atoms with Gasteiger partial charge in [0.1, 0.15) is 5.75 Å². The molecule has 0 bridgehead atoms. The van der Waals surface area contributed by atoms with Gasteiger partial charge in [-0.05, 0) is 30.2 Å². The minimum atomic E-state index is -0.567. The van der Waals surface area contributed by atoms with Gasteiger partial charge in [-0.2, -0.15) is 0 Å². The molecule has 1 aliphatic rings. The first-order chi connectivity index (χ1) is 10.2. The monoisotopic (exact) mass is 284 g/mol. The Labute approximate surface area is 122 Å². The van der Waals surface area contributed by atoms with E-state index in [0.29, 0.717) is 0 Å². The first-order valence-corrected chi connectivity index (χ1v) is 6.72. The van der Waals surface area contributed by atoms with Crippen molar-refractivity contribution in [2.45, 2.75) is 13.0 Å². The fraction of sp³-hybridized carbons (Fsp3) is 0.267. The third-order valence-electron chi connectivity index (χ3n) is 3.67. The molecule has 21 heavy (non-hydrogen) atoms. The number of fused-ring (bicyclic) bond motifs is 1. The first-order valence-electron chi connectivity index (χ1n) is 6.72. The lowest BCUT2D eigenvalue weighted by atomic mass is 9.99. The van der Waals surface area contributed by atoms with Crippen LogP contribution in [0.5, 0.6) is 5.75 Å². The molecule has 1 amide bonds. The van der Waals surface area contributed by atoms with Crippen molar-refractivity contribution >= 4 is 11.7 Å². The Morgan fingerprint density at radius 1 is 1.29 bits per heavy atom. The summed E-state index contributed by atoms with van der Waals surface area (Å²) in [5, 5.41) is 7.94. The number of aromatic nitrogens is 2. The van der Waals surface area contributed by atoms with E-state index in [1.165, 1.54) is 11.1 Å². The maximum atomic E-state index is 11.0. The van der Waals surface area contributed by atoms with Gasteiger partial charge in [-0.15, -0.1) is 10.2 Å². The first kappa shape index (κ1) is 13.4. The van der Waals surface area contributed by atoms with E-state index in [1.807, 2.05) is 12.1 Å². The van der Waals surface area contributed by atoms with Gasteiger partial charge in [0.15, 0.2) is 11.5 Å². The van der Waals surface area contributed by atoms with Gasteiger partial charge >= 0.3 is 0 Å². The van der Waals surface area contributed by atoms with Crippen LogP contribution in [0.15, 0.2) is 30.3 Å². The summed E-state index contributed by atoms with van der Waals surface area (Å²) in [5.41, 5.74) is 7.82. The minimum absolute atomic E-state index is 0.179. The van der Waals surface area contributed by atoms with Gasteiger partial charge < -0.3 is 15.4 Å². The van der Waals surface area contributed by atoms with Crippen LogP contribution < -0.4 is 15.4 Å². The number of primary amides is 1. The van der Waals surface area contributed by atoms with Gasteiger partial charge in [0.2, 0.25) is 0 Å². The van der Waals surface area contributed by atoms with Crippen LogP contribution in [0.4, 0.5) is 5.82 Å². The summed E-state index contributed by atoms with van der Waals surface area (Å²) in [6.45, 7) is 1.58. The topological polar surface area (TPSA) is 81.3 Å². The standard InChI is InChI=1S/C15H16N4O2/c1-21-13-4-2-3-10-9-19(8-7-11(10)13)14-6-5-12(15(16)20)17-18-14/h2-6H,7-9H2,1H3,(H2,16,20). The van der Waals surface area contributed by atoms with E-state index in [4.69, 9.17) is 10.5 Å². The number of ether oxygens (including phenoxy) is 1. The predicted molar refractivity (Wildman–Crippen MR) is 78.3 cm³/mol. The number of hydrogen-bond donors (Lipinski definition) is 1. The number of benzene rings is 1. The summed E-state index contributed by atoms with van der Waals surface area (Å²) >= 11 is 0. The Morgan fingerprint density at radius 3 is 2.81 bits per heavy atom. The van der Waals surface area contributed by atoms with Crippen molar-refractivity contribution in [2.24, 2.45) is 5.73 Å². The molecular weight excluding hydrogens is 268 g/mol. The highest BCUT2D eigenvalue weighted by molar-refractivity contribution is 5.90. The smallest absolute Gasteiger partial charge is 0.269 e. The number of anilines is 1. The number of carbonyl (C=O) groups is 1. The van der Waals surface area contributed by atoms with E-state index in [2.05, 4.69) is 21.2 Å². The van der Waals surface area contributed by atoms with Gasteiger partial charge in [-0.1, -0.05) is 12.1 Å². The molecule has 0 fully saturated rings. The number of carbonyl (C=O) groups excluding carboxylic acids is 1. The van der Waals surface area contributed by atoms with Crippen molar-refractivity contribution in [3.8, 4) is 5.75 Å². The van der Waals surface area contributed by atoms with Crippen LogP contribution in [-0.2, 0) is 13.0 Å². The molecule has 6 heteroatoms. The summed E-state index contributed by atoms with van der Waals surface area (Å²) in [5.74, 6) is 1.11. The highest BCUT2D eigenvalue weighted by Crippen LogP contribution is 2.29. The molecule has 6 nitrogen and oxygen atoms in total. The van der Waals surface area contributed by atoms with Crippen LogP contribution >= 0.6 is 0 Å². The number of amides is 1. The zero-order chi connectivity index (χ0) is 14.8. The third-order valence-corrected chi connectivity index (χ3v) is 3.67. The Bertz CT molecular complexity index is 670. The highest BCUT2D eigenvalue weighted by Gasteiger charge is 2.20. The van der Waals surface area contributed by atoms with E-state index < -0.39 is 5.91 Å². The molecule has 0 aliphatic carbocycles.